The van der Waals surface area contributed by atoms with Crippen LogP contribution in [0.4, 0.5) is 30.2 Å². The largest absolute Gasteiger partial charge is 0.416 e. The Morgan fingerprint density at radius 2 is 1.58 bits per heavy atom. The molecule has 0 radical (unpaired) electrons. The maximum atomic E-state index is 12.6. The lowest BCUT2D eigenvalue weighted by Crippen LogP contribution is -2.32. The smallest absolute Gasteiger partial charge is 0.355 e. The molecule has 4 rings (SSSR count). The average molecular weight is 512 g/mol. The van der Waals surface area contributed by atoms with Gasteiger partial charge in [0.2, 0.25) is 0 Å². The number of hydrazone groups is 1. The van der Waals surface area contributed by atoms with E-state index in [-0.39, 0.29) is 0 Å². The van der Waals surface area contributed by atoms with E-state index in [1.165, 1.54) is 12.1 Å². The van der Waals surface area contributed by atoms with Crippen molar-refractivity contribution in [1.82, 2.24) is 10.4 Å². The number of benzene rings is 3. The van der Waals surface area contributed by atoms with Gasteiger partial charge in [-0.2, -0.15) is 18.3 Å². The van der Waals surface area contributed by atoms with Crippen molar-refractivity contribution in [1.29, 1.82) is 0 Å². The zero-order valence-electron chi connectivity index (χ0n) is 18.3. The highest BCUT2D eigenvalue weighted by Gasteiger charge is 2.29. The van der Waals surface area contributed by atoms with Crippen LogP contribution in [0.15, 0.2) is 84.1 Å². The summed E-state index contributed by atoms with van der Waals surface area (Å²) in [6, 6.07) is 18.0. The molecule has 0 saturated carbocycles. The van der Waals surface area contributed by atoms with Crippen LogP contribution in [0.5, 0.6) is 0 Å². The SMILES string of the molecule is O=C(N/N=C/c1ccc(C(F)(F)F)cc1)C(=O)Nc1ccc(Nc2ccnc3cc(Cl)ccc23)cc1. The number of nitrogens with one attached hydrogen (secondary N) is 3. The molecule has 0 bridgehead atoms. The van der Waals surface area contributed by atoms with Crippen molar-refractivity contribution in [2.45, 2.75) is 6.18 Å². The monoisotopic (exact) mass is 511 g/mol. The van der Waals surface area contributed by atoms with Crippen molar-refractivity contribution >= 4 is 57.6 Å². The van der Waals surface area contributed by atoms with Gasteiger partial charge in [0.25, 0.3) is 0 Å². The maximum absolute atomic E-state index is 12.6. The molecule has 0 aliphatic heterocycles. The number of rotatable bonds is 5. The van der Waals surface area contributed by atoms with Crippen molar-refractivity contribution < 1.29 is 22.8 Å². The summed E-state index contributed by atoms with van der Waals surface area (Å²) in [6.07, 6.45) is -1.66. The van der Waals surface area contributed by atoms with Gasteiger partial charge in [0.1, 0.15) is 0 Å². The van der Waals surface area contributed by atoms with Crippen molar-refractivity contribution in [3.63, 3.8) is 0 Å². The second-order valence-corrected chi connectivity index (χ2v) is 7.93. The first-order valence-electron chi connectivity index (χ1n) is 10.4. The van der Waals surface area contributed by atoms with Crippen LogP contribution in [-0.4, -0.2) is 23.0 Å². The van der Waals surface area contributed by atoms with Gasteiger partial charge < -0.3 is 10.6 Å². The summed E-state index contributed by atoms with van der Waals surface area (Å²) in [4.78, 5) is 28.4. The fraction of sp³-hybridized carbons (Fsp3) is 0.0400. The van der Waals surface area contributed by atoms with Gasteiger partial charge in [0.05, 0.1) is 17.3 Å². The molecule has 2 amide bonds. The molecule has 36 heavy (non-hydrogen) atoms. The van der Waals surface area contributed by atoms with E-state index < -0.39 is 23.6 Å². The van der Waals surface area contributed by atoms with Crippen LogP contribution in [-0.2, 0) is 15.8 Å². The molecule has 11 heteroatoms. The van der Waals surface area contributed by atoms with Crippen molar-refractivity contribution in [3.8, 4) is 0 Å². The minimum atomic E-state index is -4.45. The highest BCUT2D eigenvalue weighted by atomic mass is 35.5. The Labute approximate surface area is 208 Å². The topological polar surface area (TPSA) is 95.5 Å². The Kier molecular flexibility index (Phi) is 7.16. The lowest BCUT2D eigenvalue weighted by molar-refractivity contribution is -0.137. The predicted molar refractivity (Wildman–Crippen MR) is 132 cm³/mol. The van der Waals surface area contributed by atoms with Gasteiger partial charge in [0.15, 0.2) is 0 Å². The van der Waals surface area contributed by atoms with E-state index in [0.717, 1.165) is 40.6 Å². The van der Waals surface area contributed by atoms with Crippen LogP contribution in [0.2, 0.25) is 5.02 Å². The summed E-state index contributed by atoms with van der Waals surface area (Å²) in [5.74, 6) is -2.00. The van der Waals surface area contributed by atoms with E-state index in [2.05, 4.69) is 20.7 Å². The molecule has 0 atom stereocenters. The number of nitrogens with zero attached hydrogens (tertiary/aromatic N) is 2. The second-order valence-electron chi connectivity index (χ2n) is 7.50. The van der Waals surface area contributed by atoms with Crippen LogP contribution < -0.4 is 16.1 Å². The fourth-order valence-electron chi connectivity index (χ4n) is 3.18. The number of hydrogen-bond acceptors (Lipinski definition) is 5. The molecule has 182 valence electrons. The lowest BCUT2D eigenvalue weighted by atomic mass is 10.1. The maximum Gasteiger partial charge on any atom is 0.416 e. The van der Waals surface area contributed by atoms with Gasteiger partial charge in [-0.25, -0.2) is 5.43 Å². The Hall–Kier alpha value is -4.44. The van der Waals surface area contributed by atoms with Crippen molar-refractivity contribution in [2.24, 2.45) is 5.10 Å². The number of halogens is 4. The summed E-state index contributed by atoms with van der Waals surface area (Å²) in [5, 5.41) is 10.8. The molecule has 3 aromatic carbocycles. The summed E-state index contributed by atoms with van der Waals surface area (Å²) >= 11 is 6.02. The van der Waals surface area contributed by atoms with E-state index in [1.54, 1.807) is 42.6 Å². The van der Waals surface area contributed by atoms with Gasteiger partial charge in [-0.3, -0.25) is 14.6 Å². The zero-order chi connectivity index (χ0) is 25.7. The van der Waals surface area contributed by atoms with Crippen LogP contribution in [0.3, 0.4) is 0 Å². The molecule has 0 aliphatic rings. The van der Waals surface area contributed by atoms with Gasteiger partial charge >= 0.3 is 18.0 Å². The van der Waals surface area contributed by atoms with Crippen LogP contribution in [0.25, 0.3) is 10.9 Å². The van der Waals surface area contributed by atoms with E-state index in [1.807, 2.05) is 17.6 Å². The third kappa shape index (κ3) is 6.16. The molecule has 7 nitrogen and oxygen atoms in total. The Morgan fingerprint density at radius 1 is 0.889 bits per heavy atom. The molecule has 0 aliphatic carbocycles. The molecule has 0 spiro atoms. The average Bonchev–Trinajstić information content (AvgIpc) is 2.85. The van der Waals surface area contributed by atoms with E-state index in [4.69, 9.17) is 11.6 Å². The van der Waals surface area contributed by atoms with Crippen LogP contribution >= 0.6 is 11.6 Å². The number of alkyl halides is 3. The van der Waals surface area contributed by atoms with Gasteiger partial charge in [0, 0.05) is 33.7 Å². The first-order valence-corrected chi connectivity index (χ1v) is 10.8. The zero-order valence-corrected chi connectivity index (χ0v) is 19.1. The third-order valence-electron chi connectivity index (χ3n) is 4.95. The number of hydrogen-bond donors (Lipinski definition) is 3. The highest BCUT2D eigenvalue weighted by molar-refractivity contribution is 6.39. The summed E-state index contributed by atoms with van der Waals surface area (Å²) in [5.41, 5.74) is 4.21. The van der Waals surface area contributed by atoms with Crippen LogP contribution in [0, 0.1) is 0 Å². The number of anilines is 3. The first kappa shape index (κ1) is 24.7. The van der Waals surface area contributed by atoms with E-state index >= 15 is 0 Å². The van der Waals surface area contributed by atoms with Crippen LogP contribution in [0.1, 0.15) is 11.1 Å². The summed E-state index contributed by atoms with van der Waals surface area (Å²) < 4.78 is 37.8. The second kappa shape index (κ2) is 10.4. The number of amides is 2. The fourth-order valence-corrected chi connectivity index (χ4v) is 3.35. The molecule has 0 unspecified atom stereocenters. The first-order chi connectivity index (χ1) is 17.2. The predicted octanol–water partition coefficient (Wildman–Crippen LogP) is 5.74. The number of carbonyl (C=O) groups excluding carboxylic acids is 2. The van der Waals surface area contributed by atoms with Gasteiger partial charge in [-0.1, -0.05) is 23.7 Å². The molecule has 1 aromatic heterocycles. The number of fused-ring (bicyclic) bond motifs is 1. The molecule has 4 aromatic rings. The van der Waals surface area contributed by atoms with E-state index in [9.17, 15) is 22.8 Å². The van der Waals surface area contributed by atoms with E-state index in [0.29, 0.717) is 16.3 Å². The molecular formula is C25H17ClF3N5O2. The highest BCUT2D eigenvalue weighted by Crippen LogP contribution is 2.29. The summed E-state index contributed by atoms with van der Waals surface area (Å²) in [6.45, 7) is 0. The van der Waals surface area contributed by atoms with Crippen molar-refractivity contribution in [2.75, 3.05) is 10.6 Å². The number of carbonyl (C=O) groups is 2. The molecule has 0 fully saturated rings. The minimum Gasteiger partial charge on any atom is -0.355 e. The van der Waals surface area contributed by atoms with Gasteiger partial charge in [-0.05, 0) is 66.2 Å². The lowest BCUT2D eigenvalue weighted by Gasteiger charge is -2.11. The minimum absolute atomic E-state index is 0.317. The number of pyridine rings is 1. The quantitative estimate of drug-likeness (QED) is 0.181. The van der Waals surface area contributed by atoms with Gasteiger partial charge in [-0.15, -0.1) is 0 Å². The number of aromatic nitrogens is 1. The molecule has 0 saturated heterocycles. The Bertz CT molecular complexity index is 1440. The Morgan fingerprint density at radius 3 is 2.28 bits per heavy atom. The molecule has 1 heterocycles. The molecular weight excluding hydrogens is 495 g/mol. The normalized spacial score (nSPS) is 11.4. The Balaban J connectivity index is 1.32. The summed E-state index contributed by atoms with van der Waals surface area (Å²) in [7, 11) is 0. The standard InChI is InChI=1S/C25H17ClF3N5O2/c26-17-5-10-20-21(11-12-30-22(20)13-17)32-18-6-8-19(9-7-18)33-23(35)24(36)34-31-14-15-1-3-16(4-2-15)25(27,28)29/h1-14H,(H,30,32)(H,33,35)(H,34,36)/b31-14+. The third-order valence-corrected chi connectivity index (χ3v) is 5.19. The van der Waals surface area contributed by atoms with Crippen molar-refractivity contribution in [3.05, 3.63) is 95.1 Å². The molecule has 3 N–H and O–H groups in total.